The highest BCUT2D eigenvalue weighted by atomic mass is 32.2. The molecule has 0 radical (unpaired) electrons. The standard InChI is InChI=1S/C13H13FN2S/c1-15-13-10(5-4-8-16-13)9-17-12-7-3-2-6-11(12)14/h2-8H,9H2,1H3,(H,15,16). The van der Waals surface area contributed by atoms with Crippen LogP contribution in [-0.2, 0) is 5.75 Å². The molecule has 0 aliphatic carbocycles. The normalized spacial score (nSPS) is 10.2. The lowest BCUT2D eigenvalue weighted by Gasteiger charge is -2.07. The molecule has 1 N–H and O–H groups in total. The predicted molar refractivity (Wildman–Crippen MR) is 69.7 cm³/mol. The maximum atomic E-state index is 13.4. The molecule has 1 aromatic carbocycles. The summed E-state index contributed by atoms with van der Waals surface area (Å²) in [4.78, 5) is 4.88. The average molecular weight is 248 g/mol. The number of thioether (sulfide) groups is 1. The molecular formula is C13H13FN2S. The summed E-state index contributed by atoms with van der Waals surface area (Å²) in [7, 11) is 1.83. The van der Waals surface area contributed by atoms with Crippen molar-refractivity contribution in [2.24, 2.45) is 0 Å². The van der Waals surface area contributed by atoms with Gasteiger partial charge in [0.15, 0.2) is 0 Å². The Labute approximate surface area is 104 Å². The summed E-state index contributed by atoms with van der Waals surface area (Å²) in [5, 5.41) is 3.03. The quantitative estimate of drug-likeness (QED) is 0.837. The highest BCUT2D eigenvalue weighted by Gasteiger charge is 2.05. The maximum Gasteiger partial charge on any atom is 0.136 e. The Balaban J connectivity index is 2.10. The van der Waals surface area contributed by atoms with Crippen LogP contribution in [0, 0.1) is 5.82 Å². The second kappa shape index (κ2) is 5.68. The molecule has 1 heterocycles. The van der Waals surface area contributed by atoms with Crippen molar-refractivity contribution in [2.75, 3.05) is 12.4 Å². The number of aromatic nitrogens is 1. The molecule has 0 spiro atoms. The smallest absolute Gasteiger partial charge is 0.136 e. The lowest BCUT2D eigenvalue weighted by atomic mass is 10.3. The largest absolute Gasteiger partial charge is 0.373 e. The van der Waals surface area contributed by atoms with Crippen molar-refractivity contribution in [3.63, 3.8) is 0 Å². The molecule has 17 heavy (non-hydrogen) atoms. The fourth-order valence-electron chi connectivity index (χ4n) is 1.50. The zero-order valence-corrected chi connectivity index (χ0v) is 10.3. The van der Waals surface area contributed by atoms with E-state index < -0.39 is 0 Å². The minimum Gasteiger partial charge on any atom is -0.373 e. The molecule has 0 fully saturated rings. The van der Waals surface area contributed by atoms with Crippen LogP contribution >= 0.6 is 11.8 Å². The van der Waals surface area contributed by atoms with Crippen molar-refractivity contribution in [2.45, 2.75) is 10.6 Å². The summed E-state index contributed by atoms with van der Waals surface area (Å²) in [6, 6.07) is 10.7. The van der Waals surface area contributed by atoms with E-state index in [4.69, 9.17) is 0 Å². The number of hydrogen-bond acceptors (Lipinski definition) is 3. The number of hydrogen-bond donors (Lipinski definition) is 1. The van der Waals surface area contributed by atoms with Crippen LogP contribution in [0.25, 0.3) is 0 Å². The zero-order valence-electron chi connectivity index (χ0n) is 9.48. The average Bonchev–Trinajstić information content (AvgIpc) is 2.38. The number of pyridine rings is 1. The van der Waals surface area contributed by atoms with Crippen molar-refractivity contribution in [3.8, 4) is 0 Å². The van der Waals surface area contributed by atoms with Gasteiger partial charge in [0, 0.05) is 29.5 Å². The van der Waals surface area contributed by atoms with E-state index in [9.17, 15) is 4.39 Å². The Hall–Kier alpha value is -1.55. The van der Waals surface area contributed by atoms with Gasteiger partial charge in [-0.2, -0.15) is 0 Å². The molecule has 0 aliphatic heterocycles. The summed E-state index contributed by atoms with van der Waals surface area (Å²) in [6.45, 7) is 0. The van der Waals surface area contributed by atoms with Crippen LogP contribution in [0.4, 0.5) is 10.2 Å². The SMILES string of the molecule is CNc1ncccc1CSc1ccccc1F. The Kier molecular flexibility index (Phi) is 3.98. The van der Waals surface area contributed by atoms with Gasteiger partial charge in [-0.05, 0) is 18.2 Å². The topological polar surface area (TPSA) is 24.9 Å². The third-order valence-corrected chi connectivity index (χ3v) is 3.45. The third-order valence-electron chi connectivity index (χ3n) is 2.35. The number of rotatable bonds is 4. The number of anilines is 1. The molecular weight excluding hydrogens is 235 g/mol. The molecule has 0 saturated carbocycles. The van der Waals surface area contributed by atoms with Gasteiger partial charge in [-0.25, -0.2) is 9.37 Å². The molecule has 0 aliphatic rings. The Morgan fingerprint density at radius 1 is 1.24 bits per heavy atom. The van der Waals surface area contributed by atoms with Gasteiger partial charge in [0.2, 0.25) is 0 Å². The molecule has 1 aromatic heterocycles. The van der Waals surface area contributed by atoms with Gasteiger partial charge in [-0.3, -0.25) is 0 Å². The Bertz CT molecular complexity index is 502. The van der Waals surface area contributed by atoms with Gasteiger partial charge < -0.3 is 5.32 Å². The summed E-state index contributed by atoms with van der Waals surface area (Å²) in [6.07, 6.45) is 1.74. The van der Waals surface area contributed by atoms with Crippen LogP contribution in [0.3, 0.4) is 0 Å². The zero-order chi connectivity index (χ0) is 12.1. The van der Waals surface area contributed by atoms with E-state index in [0.29, 0.717) is 10.6 Å². The predicted octanol–water partition coefficient (Wildman–Crippen LogP) is 3.55. The first kappa shape index (κ1) is 11.9. The fourth-order valence-corrected chi connectivity index (χ4v) is 2.42. The van der Waals surface area contributed by atoms with Crippen molar-refractivity contribution in [1.29, 1.82) is 0 Å². The van der Waals surface area contributed by atoms with Crippen molar-refractivity contribution in [1.82, 2.24) is 4.98 Å². The van der Waals surface area contributed by atoms with Crippen LogP contribution in [0.5, 0.6) is 0 Å². The molecule has 88 valence electrons. The molecule has 4 heteroatoms. The van der Waals surface area contributed by atoms with E-state index in [2.05, 4.69) is 10.3 Å². The minimum absolute atomic E-state index is 0.174. The van der Waals surface area contributed by atoms with E-state index in [0.717, 1.165) is 11.4 Å². The van der Waals surface area contributed by atoms with E-state index in [1.807, 2.05) is 25.2 Å². The third kappa shape index (κ3) is 2.97. The second-order valence-corrected chi connectivity index (χ2v) is 4.50. The Morgan fingerprint density at radius 2 is 2.06 bits per heavy atom. The first-order valence-corrected chi connectivity index (χ1v) is 6.29. The van der Waals surface area contributed by atoms with Gasteiger partial charge >= 0.3 is 0 Å². The van der Waals surface area contributed by atoms with E-state index >= 15 is 0 Å². The molecule has 2 aromatic rings. The van der Waals surface area contributed by atoms with Gasteiger partial charge in [-0.15, -0.1) is 11.8 Å². The summed E-state index contributed by atoms with van der Waals surface area (Å²) in [5.74, 6) is 1.37. The molecule has 2 rings (SSSR count). The summed E-state index contributed by atoms with van der Waals surface area (Å²) >= 11 is 1.47. The number of nitrogens with one attached hydrogen (secondary N) is 1. The van der Waals surface area contributed by atoms with Crippen LogP contribution in [0.15, 0.2) is 47.5 Å². The molecule has 0 bridgehead atoms. The fraction of sp³-hybridized carbons (Fsp3) is 0.154. The lowest BCUT2D eigenvalue weighted by Crippen LogP contribution is -1.96. The van der Waals surface area contributed by atoms with Crippen LogP contribution < -0.4 is 5.32 Å². The molecule has 0 unspecified atom stereocenters. The number of benzene rings is 1. The van der Waals surface area contributed by atoms with Crippen LogP contribution in [0.2, 0.25) is 0 Å². The number of nitrogens with zero attached hydrogens (tertiary/aromatic N) is 1. The van der Waals surface area contributed by atoms with E-state index in [1.165, 1.54) is 17.8 Å². The van der Waals surface area contributed by atoms with Crippen molar-refractivity contribution < 1.29 is 4.39 Å². The Morgan fingerprint density at radius 3 is 2.82 bits per heavy atom. The van der Waals surface area contributed by atoms with Gasteiger partial charge in [0.25, 0.3) is 0 Å². The van der Waals surface area contributed by atoms with Crippen molar-refractivity contribution >= 4 is 17.6 Å². The second-order valence-electron chi connectivity index (χ2n) is 3.48. The monoisotopic (exact) mass is 248 g/mol. The maximum absolute atomic E-state index is 13.4. The van der Waals surface area contributed by atoms with E-state index in [-0.39, 0.29) is 5.82 Å². The van der Waals surface area contributed by atoms with Gasteiger partial charge in [-0.1, -0.05) is 18.2 Å². The molecule has 0 atom stereocenters. The first-order valence-electron chi connectivity index (χ1n) is 5.30. The highest BCUT2D eigenvalue weighted by molar-refractivity contribution is 7.98. The first-order chi connectivity index (χ1) is 8.31. The molecule has 0 saturated heterocycles. The summed E-state index contributed by atoms with van der Waals surface area (Å²) in [5.41, 5.74) is 1.07. The van der Waals surface area contributed by atoms with E-state index in [1.54, 1.807) is 18.3 Å². The van der Waals surface area contributed by atoms with Gasteiger partial charge in [0.1, 0.15) is 11.6 Å². The van der Waals surface area contributed by atoms with Gasteiger partial charge in [0.05, 0.1) is 0 Å². The lowest BCUT2D eigenvalue weighted by molar-refractivity contribution is 0.602. The van der Waals surface area contributed by atoms with Crippen LogP contribution in [0.1, 0.15) is 5.56 Å². The van der Waals surface area contributed by atoms with Crippen LogP contribution in [-0.4, -0.2) is 12.0 Å². The summed E-state index contributed by atoms with van der Waals surface area (Å²) < 4.78 is 13.4. The number of halogens is 1. The minimum atomic E-state index is -0.174. The molecule has 0 amide bonds. The van der Waals surface area contributed by atoms with Crippen molar-refractivity contribution in [3.05, 3.63) is 54.0 Å². The molecule has 2 nitrogen and oxygen atoms in total. The highest BCUT2D eigenvalue weighted by Crippen LogP contribution is 2.27.